The van der Waals surface area contributed by atoms with Crippen molar-refractivity contribution < 1.29 is 24.3 Å². The molecule has 3 heterocycles. The lowest BCUT2D eigenvalue weighted by atomic mass is 9.94. The number of amides is 4. The lowest BCUT2D eigenvalue weighted by molar-refractivity contribution is -0.139. The van der Waals surface area contributed by atoms with Crippen molar-refractivity contribution in [3.8, 4) is 0 Å². The highest BCUT2D eigenvalue weighted by Crippen LogP contribution is 2.19. The molecule has 0 aliphatic carbocycles. The van der Waals surface area contributed by atoms with E-state index in [9.17, 15) is 24.3 Å². The Morgan fingerprint density at radius 2 is 1.86 bits per heavy atom. The Kier molecular flexibility index (Phi) is 8.72. The largest absolute Gasteiger partial charge is 0.480 e. The zero-order valence-corrected chi connectivity index (χ0v) is 20.6. The normalized spacial score (nSPS) is 16.5. The molecule has 2 aliphatic rings. The predicted octanol–water partition coefficient (Wildman–Crippen LogP) is 0.411. The van der Waals surface area contributed by atoms with Crippen LogP contribution >= 0.6 is 0 Å². The smallest absolute Gasteiger partial charge is 0.328 e. The van der Waals surface area contributed by atoms with E-state index in [-0.39, 0.29) is 24.7 Å². The van der Waals surface area contributed by atoms with E-state index in [2.05, 4.69) is 26.4 Å². The fourth-order valence-electron chi connectivity index (χ4n) is 4.54. The van der Waals surface area contributed by atoms with Crippen molar-refractivity contribution >= 4 is 23.8 Å². The van der Waals surface area contributed by atoms with Crippen LogP contribution in [0.25, 0.3) is 0 Å². The van der Waals surface area contributed by atoms with Crippen LogP contribution in [0.5, 0.6) is 0 Å². The molecule has 5 N–H and O–H groups in total. The van der Waals surface area contributed by atoms with Crippen LogP contribution in [0.1, 0.15) is 45.8 Å². The van der Waals surface area contributed by atoms with Crippen molar-refractivity contribution in [2.24, 2.45) is 5.92 Å². The number of piperidine rings is 1. The molecule has 198 valence electrons. The van der Waals surface area contributed by atoms with Gasteiger partial charge in [0.15, 0.2) is 5.69 Å². The average Bonchev–Trinajstić information content (AvgIpc) is 3.36. The third kappa shape index (κ3) is 7.06. The molecule has 0 unspecified atom stereocenters. The molecule has 0 radical (unpaired) electrons. The number of nitrogens with one attached hydrogen (secondary N) is 4. The van der Waals surface area contributed by atoms with Crippen molar-refractivity contribution in [2.75, 3.05) is 32.7 Å². The standard InChI is InChI=1S/C25H33N7O5/c33-22(27-16-20(24(35)36)29-25(37)28-15-18-4-2-1-3-5-18)19-14-21-23(34)31(12-13-32(21)30-19)11-8-17-6-9-26-10-7-17/h1-5,14,17,20,26H,6-13,15-16H2,(H,27,33)(H,35,36)(H2,28,29,37)/t20-/m0/s1. The second-order valence-corrected chi connectivity index (χ2v) is 9.33. The Labute approximate surface area is 214 Å². The van der Waals surface area contributed by atoms with Gasteiger partial charge in [0.05, 0.1) is 6.54 Å². The Hall–Kier alpha value is -3.93. The second kappa shape index (κ2) is 12.3. The molecule has 4 rings (SSSR count). The molecule has 12 heteroatoms. The molecule has 0 bridgehead atoms. The van der Waals surface area contributed by atoms with Gasteiger partial charge in [0, 0.05) is 32.2 Å². The van der Waals surface area contributed by atoms with Gasteiger partial charge < -0.3 is 31.3 Å². The first-order valence-corrected chi connectivity index (χ1v) is 12.6. The van der Waals surface area contributed by atoms with Gasteiger partial charge in [-0.15, -0.1) is 0 Å². The summed E-state index contributed by atoms with van der Waals surface area (Å²) in [6.07, 6.45) is 3.19. The number of benzene rings is 1. The van der Waals surface area contributed by atoms with Gasteiger partial charge in [-0.25, -0.2) is 9.59 Å². The Balaban J connectivity index is 1.27. The lowest BCUT2D eigenvalue weighted by Crippen LogP contribution is -2.51. The fraction of sp³-hybridized carbons (Fsp3) is 0.480. The van der Waals surface area contributed by atoms with E-state index in [1.165, 1.54) is 10.7 Å². The van der Waals surface area contributed by atoms with Crippen LogP contribution in [0.4, 0.5) is 4.79 Å². The number of aromatic nitrogens is 2. The van der Waals surface area contributed by atoms with Gasteiger partial charge in [0.25, 0.3) is 11.8 Å². The molecule has 1 fully saturated rings. The minimum Gasteiger partial charge on any atom is -0.480 e. The van der Waals surface area contributed by atoms with Crippen LogP contribution in [0.15, 0.2) is 36.4 Å². The van der Waals surface area contributed by atoms with Crippen molar-refractivity contribution in [2.45, 2.75) is 38.4 Å². The highest BCUT2D eigenvalue weighted by atomic mass is 16.4. The van der Waals surface area contributed by atoms with Crippen LogP contribution in [0, 0.1) is 5.92 Å². The number of nitrogens with zero attached hydrogens (tertiary/aromatic N) is 3. The van der Waals surface area contributed by atoms with Gasteiger partial charge in [-0.05, 0) is 43.8 Å². The number of hydrogen-bond donors (Lipinski definition) is 5. The van der Waals surface area contributed by atoms with Crippen LogP contribution in [-0.4, -0.2) is 82.4 Å². The second-order valence-electron chi connectivity index (χ2n) is 9.33. The summed E-state index contributed by atoms with van der Waals surface area (Å²) < 4.78 is 1.52. The minimum atomic E-state index is -1.34. The summed E-state index contributed by atoms with van der Waals surface area (Å²) in [6, 6.07) is 8.60. The molecule has 0 saturated carbocycles. The summed E-state index contributed by atoms with van der Waals surface area (Å²) in [5.74, 6) is -1.46. The maximum atomic E-state index is 13.0. The molecular formula is C25H33N7O5. The SMILES string of the molecule is O=C(NCc1ccccc1)N[C@@H](CNC(=O)c1cc2n(n1)CCN(CCC1CCNCC1)C2=O)C(=O)O. The van der Waals surface area contributed by atoms with E-state index in [1.54, 1.807) is 4.90 Å². The minimum absolute atomic E-state index is 0.0289. The summed E-state index contributed by atoms with van der Waals surface area (Å²) >= 11 is 0. The van der Waals surface area contributed by atoms with Gasteiger partial charge in [0.1, 0.15) is 11.7 Å². The molecule has 2 aliphatic heterocycles. The van der Waals surface area contributed by atoms with Gasteiger partial charge in [-0.2, -0.15) is 5.10 Å². The highest BCUT2D eigenvalue weighted by molar-refractivity contribution is 5.98. The third-order valence-electron chi connectivity index (χ3n) is 6.73. The van der Waals surface area contributed by atoms with Crippen molar-refractivity contribution in [3.05, 3.63) is 53.3 Å². The number of fused-ring (bicyclic) bond motifs is 1. The average molecular weight is 512 g/mol. The zero-order valence-electron chi connectivity index (χ0n) is 20.6. The molecule has 4 amide bonds. The zero-order chi connectivity index (χ0) is 26.2. The van der Waals surface area contributed by atoms with Crippen LogP contribution in [-0.2, 0) is 17.9 Å². The molecule has 1 saturated heterocycles. The first-order chi connectivity index (χ1) is 17.9. The quantitative estimate of drug-likeness (QED) is 0.309. The Bertz CT molecular complexity index is 1110. The van der Waals surface area contributed by atoms with E-state index in [1.807, 2.05) is 30.3 Å². The van der Waals surface area contributed by atoms with E-state index in [0.29, 0.717) is 31.2 Å². The van der Waals surface area contributed by atoms with Crippen molar-refractivity contribution in [1.82, 2.24) is 35.9 Å². The lowest BCUT2D eigenvalue weighted by Gasteiger charge is -2.30. The number of carbonyl (C=O) groups is 4. The van der Waals surface area contributed by atoms with Crippen LogP contribution < -0.4 is 21.3 Å². The number of aliphatic carboxylic acids is 1. The number of carboxylic acids is 1. The molecule has 0 spiro atoms. The summed E-state index contributed by atoms with van der Waals surface area (Å²) in [6.45, 7) is 3.61. The van der Waals surface area contributed by atoms with Gasteiger partial charge >= 0.3 is 12.0 Å². The molecule has 2 aromatic rings. The number of hydrogen-bond acceptors (Lipinski definition) is 6. The molecule has 1 atom stereocenters. The summed E-state index contributed by atoms with van der Waals surface area (Å²) in [4.78, 5) is 51.2. The summed E-state index contributed by atoms with van der Waals surface area (Å²) in [7, 11) is 0. The number of carbonyl (C=O) groups excluding carboxylic acids is 3. The maximum Gasteiger partial charge on any atom is 0.328 e. The Morgan fingerprint density at radius 3 is 2.59 bits per heavy atom. The molecule has 1 aromatic carbocycles. The van der Waals surface area contributed by atoms with E-state index in [0.717, 1.165) is 37.9 Å². The number of carboxylic acid groups (broad SMARTS) is 1. The highest BCUT2D eigenvalue weighted by Gasteiger charge is 2.29. The van der Waals surface area contributed by atoms with E-state index in [4.69, 9.17) is 0 Å². The number of urea groups is 1. The predicted molar refractivity (Wildman–Crippen MR) is 134 cm³/mol. The summed E-state index contributed by atoms with van der Waals surface area (Å²) in [5, 5.41) is 24.5. The monoisotopic (exact) mass is 511 g/mol. The number of rotatable bonds is 10. The molecule has 12 nitrogen and oxygen atoms in total. The molecule has 1 aromatic heterocycles. The van der Waals surface area contributed by atoms with Gasteiger partial charge in [-0.1, -0.05) is 30.3 Å². The first-order valence-electron chi connectivity index (χ1n) is 12.6. The topological polar surface area (TPSA) is 158 Å². The molecular weight excluding hydrogens is 478 g/mol. The van der Waals surface area contributed by atoms with Gasteiger partial charge in [0.2, 0.25) is 0 Å². The van der Waals surface area contributed by atoms with Crippen molar-refractivity contribution in [1.29, 1.82) is 0 Å². The van der Waals surface area contributed by atoms with Crippen LogP contribution in [0.3, 0.4) is 0 Å². The third-order valence-corrected chi connectivity index (χ3v) is 6.73. The fourth-order valence-corrected chi connectivity index (χ4v) is 4.54. The van der Waals surface area contributed by atoms with Gasteiger partial charge in [-0.3, -0.25) is 14.3 Å². The summed E-state index contributed by atoms with van der Waals surface area (Å²) in [5.41, 5.74) is 1.23. The van der Waals surface area contributed by atoms with Crippen molar-refractivity contribution in [3.63, 3.8) is 0 Å². The Morgan fingerprint density at radius 1 is 1.11 bits per heavy atom. The van der Waals surface area contributed by atoms with Crippen LogP contribution in [0.2, 0.25) is 0 Å². The van der Waals surface area contributed by atoms with E-state index < -0.39 is 23.9 Å². The molecule has 37 heavy (non-hydrogen) atoms. The maximum absolute atomic E-state index is 13.0. The van der Waals surface area contributed by atoms with E-state index >= 15 is 0 Å². The first kappa shape index (κ1) is 26.1.